The van der Waals surface area contributed by atoms with E-state index in [1.54, 1.807) is 0 Å². The average Bonchev–Trinajstić information content (AvgIpc) is 2.75. The fraction of sp³-hybridized carbons (Fsp3) is 0.867. The minimum atomic E-state index is -0.179. The number of piperazine rings is 1. The van der Waals surface area contributed by atoms with Crippen LogP contribution in [-0.4, -0.2) is 46.8 Å². The molecule has 4 heteroatoms. The molecule has 2 amide bonds. The van der Waals surface area contributed by atoms with Crippen LogP contribution < -0.4 is 0 Å². The molecule has 0 bridgehead atoms. The number of fused-ring (bicyclic) bond motifs is 1. The first-order valence-electron chi connectivity index (χ1n) is 7.38. The lowest BCUT2D eigenvalue weighted by molar-refractivity contribution is -0.159. The van der Waals surface area contributed by atoms with Crippen molar-refractivity contribution in [2.24, 2.45) is 10.8 Å². The molecule has 3 aliphatic rings. The second-order valence-electron chi connectivity index (χ2n) is 7.41. The monoisotopic (exact) mass is 264 g/mol. The van der Waals surface area contributed by atoms with Crippen molar-refractivity contribution in [1.29, 1.82) is 0 Å². The first kappa shape index (κ1) is 12.9. The summed E-state index contributed by atoms with van der Waals surface area (Å²) in [5.74, 6) is 0.325. The fourth-order valence-electron chi connectivity index (χ4n) is 4.15. The third-order valence-corrected chi connectivity index (χ3v) is 5.95. The number of carbonyl (C=O) groups is 2. The lowest BCUT2D eigenvalue weighted by atomic mass is 9.98. The van der Waals surface area contributed by atoms with Gasteiger partial charge in [0.2, 0.25) is 11.8 Å². The maximum Gasteiger partial charge on any atom is 0.246 e. The van der Waals surface area contributed by atoms with Crippen LogP contribution in [0.2, 0.25) is 0 Å². The molecule has 1 aliphatic carbocycles. The molecule has 3 rings (SSSR count). The summed E-state index contributed by atoms with van der Waals surface area (Å²) >= 11 is 0. The number of nitrogens with zero attached hydrogens (tertiary/aromatic N) is 2. The maximum absolute atomic E-state index is 12.7. The van der Waals surface area contributed by atoms with Gasteiger partial charge >= 0.3 is 0 Å². The minimum Gasteiger partial charge on any atom is -0.329 e. The largest absolute Gasteiger partial charge is 0.329 e. The Hall–Kier alpha value is -1.06. The van der Waals surface area contributed by atoms with Crippen LogP contribution >= 0.6 is 0 Å². The molecule has 0 N–H and O–H groups in total. The Labute approximate surface area is 115 Å². The van der Waals surface area contributed by atoms with Crippen LogP contribution in [0.25, 0.3) is 0 Å². The molecule has 1 saturated carbocycles. The summed E-state index contributed by atoms with van der Waals surface area (Å²) in [6.07, 6.45) is 2.94. The Morgan fingerprint density at radius 1 is 1.00 bits per heavy atom. The van der Waals surface area contributed by atoms with Gasteiger partial charge < -0.3 is 9.80 Å². The molecule has 0 aromatic rings. The van der Waals surface area contributed by atoms with Crippen LogP contribution in [0.5, 0.6) is 0 Å². The van der Waals surface area contributed by atoms with Gasteiger partial charge in [-0.25, -0.2) is 0 Å². The normalized spacial score (nSPS) is 33.4. The van der Waals surface area contributed by atoms with Crippen molar-refractivity contribution in [2.75, 3.05) is 13.1 Å². The molecule has 4 nitrogen and oxygen atoms in total. The summed E-state index contributed by atoms with van der Waals surface area (Å²) in [6, 6.07) is 0.0303. The van der Waals surface area contributed by atoms with Crippen LogP contribution in [0.3, 0.4) is 0 Å². The third kappa shape index (κ3) is 1.58. The van der Waals surface area contributed by atoms with Crippen molar-refractivity contribution in [3.05, 3.63) is 0 Å². The highest BCUT2D eigenvalue weighted by atomic mass is 16.2. The van der Waals surface area contributed by atoms with Crippen molar-refractivity contribution >= 4 is 11.8 Å². The molecule has 0 aromatic carbocycles. The molecule has 2 aliphatic heterocycles. The quantitative estimate of drug-likeness (QED) is 0.722. The number of amides is 2. The summed E-state index contributed by atoms with van der Waals surface area (Å²) in [4.78, 5) is 28.6. The Morgan fingerprint density at radius 3 is 2.21 bits per heavy atom. The van der Waals surface area contributed by atoms with Gasteiger partial charge in [0.25, 0.3) is 0 Å². The highest BCUT2D eigenvalue weighted by Gasteiger charge is 2.69. The topological polar surface area (TPSA) is 40.6 Å². The van der Waals surface area contributed by atoms with Gasteiger partial charge in [0.05, 0.1) is 0 Å². The fourth-order valence-corrected chi connectivity index (χ4v) is 4.15. The second-order valence-corrected chi connectivity index (χ2v) is 7.41. The van der Waals surface area contributed by atoms with Gasteiger partial charge in [-0.1, -0.05) is 27.7 Å². The summed E-state index contributed by atoms with van der Waals surface area (Å²) in [5.41, 5.74) is 0.222. The van der Waals surface area contributed by atoms with E-state index in [-0.39, 0.29) is 41.3 Å². The number of rotatable bonds is 1. The van der Waals surface area contributed by atoms with Crippen LogP contribution in [0, 0.1) is 10.8 Å². The number of carbonyl (C=O) groups excluding carboxylic acids is 2. The zero-order chi connectivity index (χ0) is 14.0. The number of hydrogen-bond donors (Lipinski definition) is 0. The first-order valence-corrected chi connectivity index (χ1v) is 7.38. The van der Waals surface area contributed by atoms with E-state index in [0.717, 1.165) is 25.8 Å². The van der Waals surface area contributed by atoms with E-state index in [2.05, 4.69) is 27.7 Å². The summed E-state index contributed by atoms with van der Waals surface area (Å²) in [6.45, 7) is 9.84. The molecule has 0 spiro atoms. The highest BCUT2D eigenvalue weighted by Crippen LogP contribution is 2.65. The Morgan fingerprint density at radius 2 is 1.63 bits per heavy atom. The van der Waals surface area contributed by atoms with Gasteiger partial charge in [-0.05, 0) is 30.1 Å². The average molecular weight is 264 g/mol. The van der Waals surface area contributed by atoms with Gasteiger partial charge in [-0.2, -0.15) is 0 Å². The van der Waals surface area contributed by atoms with E-state index >= 15 is 0 Å². The lowest BCUT2D eigenvalue weighted by Gasteiger charge is -2.43. The molecule has 0 radical (unpaired) electrons. The number of piperidine rings is 1. The third-order valence-electron chi connectivity index (χ3n) is 5.95. The highest BCUT2D eigenvalue weighted by molar-refractivity contribution is 5.95. The molecule has 2 saturated heterocycles. The van der Waals surface area contributed by atoms with Crippen molar-refractivity contribution < 1.29 is 9.59 Å². The van der Waals surface area contributed by atoms with Gasteiger partial charge in [-0.15, -0.1) is 0 Å². The summed E-state index contributed by atoms with van der Waals surface area (Å²) in [7, 11) is 0. The smallest absolute Gasteiger partial charge is 0.246 e. The molecular formula is C15H24N2O2. The van der Waals surface area contributed by atoms with Crippen molar-refractivity contribution in [3.63, 3.8) is 0 Å². The number of hydrogen-bond acceptors (Lipinski definition) is 2. The Bertz CT molecular complexity index is 427. The van der Waals surface area contributed by atoms with Crippen LogP contribution in [0.15, 0.2) is 0 Å². The van der Waals surface area contributed by atoms with Crippen LogP contribution in [0.4, 0.5) is 0 Å². The Kier molecular flexibility index (Phi) is 2.55. The second kappa shape index (κ2) is 3.74. The van der Waals surface area contributed by atoms with Gasteiger partial charge in [-0.3, -0.25) is 9.59 Å². The van der Waals surface area contributed by atoms with E-state index in [9.17, 15) is 9.59 Å². The van der Waals surface area contributed by atoms with Crippen molar-refractivity contribution in [1.82, 2.24) is 9.80 Å². The van der Waals surface area contributed by atoms with Gasteiger partial charge in [0.15, 0.2) is 0 Å². The molecular weight excluding hydrogens is 240 g/mol. The predicted molar refractivity (Wildman–Crippen MR) is 72.4 cm³/mol. The van der Waals surface area contributed by atoms with Gasteiger partial charge in [0.1, 0.15) is 12.6 Å². The summed E-state index contributed by atoms with van der Waals surface area (Å²) in [5, 5.41) is 0. The minimum absolute atomic E-state index is 0.111. The first-order chi connectivity index (χ1) is 8.78. The standard InChI is InChI=1S/C15H24N2O2/c1-14(2)13(15(14,3)4)17-9-11(18)16-8-6-5-7-10(16)12(17)19/h10,13H,5-9H2,1-4H3. The molecule has 1 unspecified atom stereocenters. The van der Waals surface area contributed by atoms with E-state index in [0.29, 0.717) is 0 Å². The lowest BCUT2D eigenvalue weighted by Crippen LogP contribution is -2.62. The summed E-state index contributed by atoms with van der Waals surface area (Å²) < 4.78 is 0. The molecule has 2 heterocycles. The molecule has 1 atom stereocenters. The van der Waals surface area contributed by atoms with E-state index < -0.39 is 0 Å². The SMILES string of the molecule is CC1(C)C(N2CC(=O)N3CCCCC3C2=O)C1(C)C. The van der Waals surface area contributed by atoms with Crippen molar-refractivity contribution in [3.8, 4) is 0 Å². The van der Waals surface area contributed by atoms with E-state index in [1.807, 2.05) is 9.80 Å². The predicted octanol–water partition coefficient (Wildman–Crippen LogP) is 1.64. The van der Waals surface area contributed by atoms with E-state index in [1.165, 1.54) is 0 Å². The van der Waals surface area contributed by atoms with Crippen LogP contribution in [-0.2, 0) is 9.59 Å². The molecule has 3 fully saturated rings. The zero-order valence-electron chi connectivity index (χ0n) is 12.4. The van der Waals surface area contributed by atoms with Crippen LogP contribution in [0.1, 0.15) is 47.0 Å². The van der Waals surface area contributed by atoms with Gasteiger partial charge in [0, 0.05) is 12.6 Å². The zero-order valence-corrected chi connectivity index (χ0v) is 12.4. The van der Waals surface area contributed by atoms with Crippen molar-refractivity contribution in [2.45, 2.75) is 59.0 Å². The van der Waals surface area contributed by atoms with E-state index in [4.69, 9.17) is 0 Å². The molecule has 106 valence electrons. The maximum atomic E-state index is 12.7. The molecule has 19 heavy (non-hydrogen) atoms. The Balaban J connectivity index is 1.85. The molecule has 0 aromatic heterocycles.